The standard InChI is InChI=1S/C74H116ClF3N12O12/c1-13-15-37-90-45-60(92)81-73(35-23-24-36-73)72(102)88(12)65(52-29-21-17-22-30-52)71(101)87(11)58(69(99)89-38-25-18-26-39-89)43-61(93)85(9)56(40-48(3)4)66(96)80-64(49(5)14-2)70(100)84(8)46-62(94)82(6)47-63(95)86(10)57(42-50-27-19-16-20-28-50)68(98)83(7)44-59(91)79-55(67(90)97)34-32-51-31-33-53(54(75)41-51)74(76,77)78/h31,33,41,48-50,52,55-58,64-65H,13-30,32,34-40,42-47H2,1-12H3,(H,79,91)(H,80,96)(H,81,92)/t49-,55-,56-,57-,58-,64-,65-/m0/s1. The average Bonchev–Trinajstić information content (AvgIpc) is 1.30. The molecule has 572 valence electrons. The highest BCUT2D eigenvalue weighted by Crippen LogP contribution is 2.38. The molecule has 24 nitrogen and oxygen atoms in total. The van der Waals surface area contributed by atoms with Crippen LogP contribution < -0.4 is 16.0 Å². The Morgan fingerprint density at radius 1 is 0.627 bits per heavy atom. The molecular formula is C74H116ClF3N12O12. The molecule has 12 amide bonds. The number of likely N-dealkylation sites (tertiary alicyclic amines) is 1. The van der Waals surface area contributed by atoms with Crippen molar-refractivity contribution in [3.8, 4) is 0 Å². The molecule has 0 radical (unpaired) electrons. The number of hydrogen-bond acceptors (Lipinski definition) is 12. The van der Waals surface area contributed by atoms with E-state index in [-0.39, 0.29) is 56.9 Å². The highest BCUT2D eigenvalue weighted by Gasteiger charge is 2.50. The Morgan fingerprint density at radius 2 is 1.22 bits per heavy atom. The van der Waals surface area contributed by atoms with E-state index in [1.165, 1.54) is 79.9 Å². The van der Waals surface area contributed by atoms with Crippen LogP contribution in [0.1, 0.15) is 200 Å². The van der Waals surface area contributed by atoms with Gasteiger partial charge in [-0.3, -0.25) is 57.5 Å². The lowest BCUT2D eigenvalue weighted by molar-refractivity contribution is -0.157. The van der Waals surface area contributed by atoms with E-state index in [9.17, 15) is 46.7 Å². The number of benzene rings is 1. The molecule has 3 saturated carbocycles. The third-order valence-electron chi connectivity index (χ3n) is 22.0. The van der Waals surface area contributed by atoms with E-state index in [1.807, 2.05) is 27.7 Å². The number of unbranched alkanes of at least 4 members (excludes halogenated alkanes) is 1. The van der Waals surface area contributed by atoms with Crippen LogP contribution in [0.5, 0.6) is 0 Å². The molecule has 2 heterocycles. The van der Waals surface area contributed by atoms with Crippen LogP contribution in [-0.2, 0) is 70.1 Å². The van der Waals surface area contributed by atoms with Gasteiger partial charge in [-0.05, 0) is 118 Å². The molecule has 0 aromatic heterocycles. The first-order valence-electron chi connectivity index (χ1n) is 37.3. The van der Waals surface area contributed by atoms with Crippen molar-refractivity contribution in [3.63, 3.8) is 0 Å². The summed E-state index contributed by atoms with van der Waals surface area (Å²) >= 11 is 6.17. The normalized spacial score (nSPS) is 25.4. The van der Waals surface area contributed by atoms with Gasteiger partial charge < -0.3 is 60.0 Å². The molecule has 7 atom stereocenters. The maximum atomic E-state index is 15.8. The molecular weight excluding hydrogens is 1340 g/mol. The number of aryl methyl sites for hydroxylation is 1. The lowest BCUT2D eigenvalue weighted by atomic mass is 9.81. The molecule has 1 aromatic carbocycles. The number of piperidine rings is 1. The molecule has 0 unspecified atom stereocenters. The minimum Gasteiger partial charge on any atom is -0.343 e. The molecule has 1 spiro atoms. The van der Waals surface area contributed by atoms with Crippen LogP contribution in [0.2, 0.25) is 5.02 Å². The second-order valence-corrected chi connectivity index (χ2v) is 30.6. The van der Waals surface area contributed by atoms with Crippen molar-refractivity contribution >= 4 is 82.5 Å². The van der Waals surface area contributed by atoms with Crippen LogP contribution in [0.4, 0.5) is 13.2 Å². The van der Waals surface area contributed by atoms with Crippen molar-refractivity contribution in [2.75, 3.05) is 95.1 Å². The Morgan fingerprint density at radius 3 is 1.80 bits per heavy atom. The topological polar surface area (TPSA) is 270 Å². The Hall–Kier alpha value is -7.06. The minimum atomic E-state index is -4.76. The SMILES string of the molecule is CCCCN1CC(=O)NC2(CCCC2)C(=O)N(C)[C@@H](C2CCCCC2)C(=O)N(C)[C@H](C(=O)N2CCCCC2)CC(=O)N(C)[C@@H](CC(C)C)C(=O)N[C@@H]([C@@H](C)CC)C(=O)N(C)CC(=O)N(C)CC(=O)N(C)[C@@H](CC2CCCCC2)C(=O)N(C)CC(=O)N[C@@H](CCc2ccc(C(F)(F)F)c(Cl)c2)C1=O. The number of likely N-dealkylation sites (N-methyl/N-ethyl adjacent to an activating group) is 7. The Bertz CT molecular complexity index is 3100. The lowest BCUT2D eigenvalue weighted by Gasteiger charge is -2.43. The van der Waals surface area contributed by atoms with E-state index in [4.69, 9.17) is 11.6 Å². The maximum Gasteiger partial charge on any atom is 0.417 e. The predicted octanol–water partition coefficient (Wildman–Crippen LogP) is 7.06. The molecule has 1 aromatic rings. The number of alkyl halides is 3. The summed E-state index contributed by atoms with van der Waals surface area (Å²) in [6.07, 6.45) is 7.45. The van der Waals surface area contributed by atoms with E-state index >= 15 is 24.0 Å². The van der Waals surface area contributed by atoms with E-state index in [2.05, 4.69) is 16.0 Å². The van der Waals surface area contributed by atoms with Gasteiger partial charge in [0.1, 0.15) is 41.8 Å². The van der Waals surface area contributed by atoms with Crippen LogP contribution in [0.3, 0.4) is 0 Å². The average molecular weight is 1460 g/mol. The molecule has 2 saturated heterocycles. The summed E-state index contributed by atoms with van der Waals surface area (Å²) in [5, 5.41) is 8.12. The number of carbonyl (C=O) groups excluding carboxylic acids is 12. The summed E-state index contributed by atoms with van der Waals surface area (Å²) in [6.45, 7) is 7.66. The van der Waals surface area contributed by atoms with Gasteiger partial charge in [-0.15, -0.1) is 0 Å². The van der Waals surface area contributed by atoms with Gasteiger partial charge in [0.05, 0.1) is 43.2 Å². The van der Waals surface area contributed by atoms with Gasteiger partial charge in [0.25, 0.3) is 0 Å². The van der Waals surface area contributed by atoms with Crippen molar-refractivity contribution in [1.82, 2.24) is 60.0 Å². The van der Waals surface area contributed by atoms with Crippen molar-refractivity contribution in [1.29, 1.82) is 0 Å². The van der Waals surface area contributed by atoms with Crippen molar-refractivity contribution in [2.45, 2.75) is 243 Å². The molecule has 2 aliphatic heterocycles. The van der Waals surface area contributed by atoms with Gasteiger partial charge in [-0.25, -0.2) is 0 Å². The number of amides is 12. The van der Waals surface area contributed by atoms with Crippen molar-refractivity contribution in [2.24, 2.45) is 23.7 Å². The second-order valence-electron chi connectivity index (χ2n) is 30.2. The number of halogens is 4. The van der Waals surface area contributed by atoms with Crippen molar-refractivity contribution < 1.29 is 70.7 Å². The fourth-order valence-electron chi connectivity index (χ4n) is 15.3. The molecule has 5 fully saturated rings. The van der Waals surface area contributed by atoms with Gasteiger partial charge in [-0.1, -0.05) is 129 Å². The van der Waals surface area contributed by atoms with Crippen molar-refractivity contribution in [3.05, 3.63) is 34.3 Å². The second kappa shape index (κ2) is 38.6. The number of carbonyl (C=O) groups is 12. The van der Waals surface area contributed by atoms with Gasteiger partial charge in [0.15, 0.2) is 0 Å². The maximum absolute atomic E-state index is 15.8. The van der Waals surface area contributed by atoms with Crippen LogP contribution in [-0.4, -0.2) is 252 Å². The first kappa shape index (κ1) is 83.9. The zero-order chi connectivity index (χ0) is 75.5. The summed E-state index contributed by atoms with van der Waals surface area (Å²) in [7, 11) is 10.0. The Balaban J connectivity index is 1.45. The fourth-order valence-corrected chi connectivity index (χ4v) is 15.7. The van der Waals surface area contributed by atoms with Gasteiger partial charge in [0.2, 0.25) is 70.9 Å². The van der Waals surface area contributed by atoms with E-state index in [0.29, 0.717) is 76.4 Å². The number of nitrogens with zero attached hydrogens (tertiary/aromatic N) is 9. The molecule has 3 aliphatic carbocycles. The third kappa shape index (κ3) is 22.5. The quantitative estimate of drug-likeness (QED) is 0.169. The van der Waals surface area contributed by atoms with E-state index in [0.717, 1.165) is 84.6 Å². The third-order valence-corrected chi connectivity index (χ3v) is 22.3. The fraction of sp³-hybridized carbons (Fsp3) is 0.757. The summed E-state index contributed by atoms with van der Waals surface area (Å²) in [6, 6.07) is -4.39. The molecule has 6 rings (SSSR count). The van der Waals surface area contributed by atoms with Crippen LogP contribution >= 0.6 is 11.6 Å². The molecule has 3 N–H and O–H groups in total. The van der Waals surface area contributed by atoms with Crippen LogP contribution in [0.15, 0.2) is 18.2 Å². The molecule has 28 heteroatoms. The monoisotopic (exact) mass is 1460 g/mol. The summed E-state index contributed by atoms with van der Waals surface area (Å²) < 4.78 is 41.7. The number of nitrogens with one attached hydrogen (secondary N) is 3. The van der Waals surface area contributed by atoms with E-state index in [1.54, 1.807) is 11.8 Å². The summed E-state index contributed by atoms with van der Waals surface area (Å²) in [5.74, 6) is -8.83. The summed E-state index contributed by atoms with van der Waals surface area (Å²) in [5.41, 5.74) is -2.36. The number of hydrogen-bond donors (Lipinski definition) is 3. The predicted molar refractivity (Wildman–Crippen MR) is 380 cm³/mol. The first-order chi connectivity index (χ1) is 48.1. The summed E-state index contributed by atoms with van der Waals surface area (Å²) in [4.78, 5) is 191. The van der Waals surface area contributed by atoms with Gasteiger partial charge in [-0.2, -0.15) is 13.2 Å². The van der Waals surface area contributed by atoms with Gasteiger partial charge >= 0.3 is 6.18 Å². The zero-order valence-electron chi connectivity index (χ0n) is 62.6. The molecule has 102 heavy (non-hydrogen) atoms. The largest absolute Gasteiger partial charge is 0.417 e. The van der Waals surface area contributed by atoms with Gasteiger partial charge in [0, 0.05) is 69.0 Å². The molecule has 5 aliphatic rings. The number of rotatable bonds is 14. The minimum absolute atomic E-state index is 0.0101. The zero-order valence-corrected chi connectivity index (χ0v) is 63.3. The lowest BCUT2D eigenvalue weighted by Crippen LogP contribution is -2.64. The Kier molecular flexibility index (Phi) is 31.8. The van der Waals surface area contributed by atoms with Crippen LogP contribution in [0.25, 0.3) is 0 Å². The highest BCUT2D eigenvalue weighted by molar-refractivity contribution is 6.31. The smallest absolute Gasteiger partial charge is 0.343 e. The highest BCUT2D eigenvalue weighted by atomic mass is 35.5. The first-order valence-corrected chi connectivity index (χ1v) is 37.7. The van der Waals surface area contributed by atoms with E-state index < -0.39 is 174 Å². The Labute approximate surface area is 606 Å². The van der Waals surface area contributed by atoms with Crippen LogP contribution in [0, 0.1) is 23.7 Å². The molecule has 0 bridgehead atoms.